The van der Waals surface area contributed by atoms with Crippen LogP contribution in [-0.4, -0.2) is 40.6 Å². The first-order chi connectivity index (χ1) is 17.0. The molecule has 0 atom stereocenters. The molecule has 2 heterocycles. The lowest BCUT2D eigenvalue weighted by Gasteiger charge is -2.08. The fourth-order valence-electron chi connectivity index (χ4n) is 3.60. The Kier molecular flexibility index (Phi) is 7.52. The van der Waals surface area contributed by atoms with Crippen molar-refractivity contribution in [1.82, 2.24) is 20.1 Å². The molecule has 0 bridgehead atoms. The number of imidazole rings is 1. The summed E-state index contributed by atoms with van der Waals surface area (Å²) < 4.78 is 7.29. The number of carbonyl (C=O) groups is 2. The summed E-state index contributed by atoms with van der Waals surface area (Å²) in [4.78, 5) is 29.1. The average molecular weight is 470 g/mol. The third kappa shape index (κ3) is 6.32. The van der Waals surface area contributed by atoms with Gasteiger partial charge >= 0.3 is 0 Å². The van der Waals surface area contributed by atoms with E-state index >= 15 is 0 Å². The number of benzene rings is 2. The van der Waals surface area contributed by atoms with Crippen LogP contribution in [0.15, 0.2) is 78.0 Å². The topological polar surface area (TPSA) is 97.1 Å². The summed E-state index contributed by atoms with van der Waals surface area (Å²) in [6, 6.07) is 20.9. The van der Waals surface area contributed by atoms with E-state index in [1.165, 1.54) is 5.56 Å². The Balaban J connectivity index is 1.24. The van der Waals surface area contributed by atoms with Gasteiger partial charge in [-0.3, -0.25) is 14.0 Å². The molecule has 4 rings (SSSR count). The summed E-state index contributed by atoms with van der Waals surface area (Å²) in [5.74, 6) is 0.0570. The average Bonchev–Trinajstić information content (AvgIpc) is 3.19. The van der Waals surface area contributed by atoms with Gasteiger partial charge in [-0.15, -0.1) is 0 Å². The van der Waals surface area contributed by atoms with Crippen LogP contribution in [0.25, 0.3) is 5.65 Å². The molecule has 4 aromatic rings. The molecule has 2 aromatic carbocycles. The first kappa shape index (κ1) is 23.7. The minimum absolute atomic E-state index is 0.0591. The second-order valence-electron chi connectivity index (χ2n) is 8.12. The number of amides is 2. The van der Waals surface area contributed by atoms with E-state index in [0.717, 1.165) is 23.2 Å². The van der Waals surface area contributed by atoms with Crippen LogP contribution in [0.4, 0.5) is 0 Å². The molecular formula is C27H27N5O3. The molecule has 0 saturated heterocycles. The first-order valence-corrected chi connectivity index (χ1v) is 11.3. The first-order valence-electron chi connectivity index (χ1n) is 11.3. The molecule has 0 fully saturated rings. The van der Waals surface area contributed by atoms with Crippen molar-refractivity contribution < 1.29 is 14.3 Å². The number of nitrogens with one attached hydrogen (secondary N) is 2. The highest BCUT2D eigenvalue weighted by atomic mass is 16.5. The van der Waals surface area contributed by atoms with Crippen molar-refractivity contribution in [2.24, 2.45) is 5.10 Å². The molecule has 2 aromatic heterocycles. The molecule has 0 aliphatic heterocycles. The summed E-state index contributed by atoms with van der Waals surface area (Å²) in [5.41, 5.74) is 7.37. The van der Waals surface area contributed by atoms with E-state index in [4.69, 9.17) is 4.74 Å². The van der Waals surface area contributed by atoms with Crippen molar-refractivity contribution in [2.45, 2.75) is 20.3 Å². The Morgan fingerprint density at radius 1 is 1.06 bits per heavy atom. The van der Waals surface area contributed by atoms with E-state index in [1.54, 1.807) is 41.8 Å². The highest BCUT2D eigenvalue weighted by Gasteiger charge is 2.16. The maximum absolute atomic E-state index is 12.6. The smallest absolute Gasteiger partial charge is 0.290 e. The third-order valence-electron chi connectivity index (χ3n) is 5.38. The van der Waals surface area contributed by atoms with Crippen molar-refractivity contribution in [2.75, 3.05) is 13.2 Å². The summed E-state index contributed by atoms with van der Waals surface area (Å²) in [6.45, 7) is 4.27. The van der Waals surface area contributed by atoms with Gasteiger partial charge in [0, 0.05) is 12.7 Å². The van der Waals surface area contributed by atoms with Gasteiger partial charge in [0.1, 0.15) is 17.1 Å². The van der Waals surface area contributed by atoms with Crippen LogP contribution in [-0.2, 0) is 11.2 Å². The number of carbonyl (C=O) groups excluding carboxylic acids is 2. The second-order valence-corrected chi connectivity index (χ2v) is 8.12. The number of hydrogen-bond acceptors (Lipinski definition) is 5. The number of nitrogens with zero attached hydrogens (tertiary/aromatic N) is 3. The van der Waals surface area contributed by atoms with Gasteiger partial charge in [0.2, 0.25) is 0 Å². The third-order valence-corrected chi connectivity index (χ3v) is 5.38. The minimum Gasteiger partial charge on any atom is -0.484 e. The Labute approximate surface area is 203 Å². The molecule has 0 saturated carbocycles. The van der Waals surface area contributed by atoms with Crippen LogP contribution in [0.2, 0.25) is 0 Å². The molecule has 178 valence electrons. The predicted molar refractivity (Wildman–Crippen MR) is 135 cm³/mol. The maximum atomic E-state index is 12.6. The van der Waals surface area contributed by atoms with Crippen LogP contribution in [0.3, 0.4) is 0 Å². The molecule has 0 unspecified atom stereocenters. The Morgan fingerprint density at radius 3 is 2.60 bits per heavy atom. The van der Waals surface area contributed by atoms with E-state index in [-0.39, 0.29) is 18.4 Å². The Hall–Kier alpha value is -4.46. The fraction of sp³-hybridized carbons (Fsp3) is 0.185. The Morgan fingerprint density at radius 2 is 1.83 bits per heavy atom. The molecule has 2 amide bonds. The molecule has 35 heavy (non-hydrogen) atoms. The van der Waals surface area contributed by atoms with Gasteiger partial charge in [-0.1, -0.05) is 30.3 Å². The summed E-state index contributed by atoms with van der Waals surface area (Å²) in [7, 11) is 0. The fourth-order valence-corrected chi connectivity index (χ4v) is 3.60. The van der Waals surface area contributed by atoms with Gasteiger partial charge in [-0.25, -0.2) is 10.4 Å². The number of pyridine rings is 1. The van der Waals surface area contributed by atoms with E-state index in [9.17, 15) is 9.59 Å². The minimum atomic E-state index is -0.340. The number of hydrogen-bond donors (Lipinski definition) is 2. The van der Waals surface area contributed by atoms with E-state index in [2.05, 4.69) is 20.8 Å². The van der Waals surface area contributed by atoms with Gasteiger partial charge in [-0.05, 0) is 73.4 Å². The SMILES string of the molecule is Cc1ccn2c(C(=O)N/N=C\c3ccc(OCC(=O)NCCc4ccccc4)cc3)c(C)nc2c1. The molecule has 8 nitrogen and oxygen atoms in total. The Bertz CT molecular complexity index is 1340. The molecule has 0 radical (unpaired) electrons. The lowest BCUT2D eigenvalue weighted by atomic mass is 10.1. The zero-order chi connectivity index (χ0) is 24.6. The van der Waals surface area contributed by atoms with E-state index in [0.29, 0.717) is 23.7 Å². The summed E-state index contributed by atoms with van der Waals surface area (Å²) in [5, 5.41) is 6.90. The molecule has 0 aliphatic rings. The summed E-state index contributed by atoms with van der Waals surface area (Å²) in [6.07, 6.45) is 4.14. The molecule has 2 N–H and O–H groups in total. The van der Waals surface area contributed by atoms with E-state index in [1.807, 2.05) is 55.6 Å². The van der Waals surface area contributed by atoms with Crippen LogP contribution in [0.5, 0.6) is 5.75 Å². The maximum Gasteiger partial charge on any atom is 0.290 e. The summed E-state index contributed by atoms with van der Waals surface area (Å²) >= 11 is 0. The monoisotopic (exact) mass is 469 g/mol. The van der Waals surface area contributed by atoms with Crippen molar-refractivity contribution in [1.29, 1.82) is 0 Å². The zero-order valence-electron chi connectivity index (χ0n) is 19.7. The van der Waals surface area contributed by atoms with Crippen LogP contribution >= 0.6 is 0 Å². The van der Waals surface area contributed by atoms with Crippen LogP contribution < -0.4 is 15.5 Å². The highest BCUT2D eigenvalue weighted by molar-refractivity contribution is 5.95. The molecule has 8 heteroatoms. The number of fused-ring (bicyclic) bond motifs is 1. The van der Waals surface area contributed by atoms with Gasteiger partial charge in [0.05, 0.1) is 11.9 Å². The standard InChI is InChI=1S/C27H27N5O3/c1-19-13-15-32-24(16-19)30-20(2)26(32)27(34)31-29-17-22-8-10-23(11-9-22)35-18-25(33)28-14-12-21-6-4-3-5-7-21/h3-11,13,15-17H,12,14,18H2,1-2H3,(H,28,33)(H,31,34)/b29-17-. The van der Waals surface area contributed by atoms with Gasteiger partial charge in [-0.2, -0.15) is 5.10 Å². The molecule has 0 aliphatic carbocycles. The lowest BCUT2D eigenvalue weighted by molar-refractivity contribution is -0.123. The van der Waals surface area contributed by atoms with Crippen molar-refractivity contribution in [3.63, 3.8) is 0 Å². The van der Waals surface area contributed by atoms with Gasteiger partial charge < -0.3 is 10.1 Å². The number of hydrazone groups is 1. The molecular weight excluding hydrogens is 442 g/mol. The quantitative estimate of drug-likeness (QED) is 0.290. The highest BCUT2D eigenvalue weighted by Crippen LogP contribution is 2.14. The number of rotatable bonds is 9. The van der Waals surface area contributed by atoms with Gasteiger partial charge in [0.25, 0.3) is 11.8 Å². The van der Waals surface area contributed by atoms with Crippen LogP contribution in [0.1, 0.15) is 32.9 Å². The van der Waals surface area contributed by atoms with Gasteiger partial charge in [0.15, 0.2) is 6.61 Å². The normalized spacial score (nSPS) is 11.0. The van der Waals surface area contributed by atoms with Crippen molar-refractivity contribution in [3.05, 3.63) is 101 Å². The second kappa shape index (κ2) is 11.1. The van der Waals surface area contributed by atoms with Crippen LogP contribution in [0, 0.1) is 13.8 Å². The van der Waals surface area contributed by atoms with E-state index < -0.39 is 0 Å². The van der Waals surface area contributed by atoms with Crippen molar-refractivity contribution in [3.8, 4) is 5.75 Å². The number of aromatic nitrogens is 2. The number of aryl methyl sites for hydroxylation is 2. The predicted octanol–water partition coefficient (Wildman–Crippen LogP) is 3.45. The van der Waals surface area contributed by atoms with Crippen molar-refractivity contribution >= 4 is 23.7 Å². The zero-order valence-corrected chi connectivity index (χ0v) is 19.7. The lowest BCUT2D eigenvalue weighted by Crippen LogP contribution is -2.30. The molecule has 0 spiro atoms. The number of ether oxygens (including phenoxy) is 1. The largest absolute Gasteiger partial charge is 0.484 e.